The van der Waals surface area contributed by atoms with Gasteiger partial charge in [-0.05, 0) is 30.5 Å². The lowest BCUT2D eigenvalue weighted by molar-refractivity contribution is 0.0146. The average molecular weight is 265 g/mol. The van der Waals surface area contributed by atoms with Gasteiger partial charge in [-0.15, -0.1) is 0 Å². The van der Waals surface area contributed by atoms with Crippen LogP contribution in [0.1, 0.15) is 37.4 Å². The van der Waals surface area contributed by atoms with E-state index in [-0.39, 0.29) is 12.1 Å². The van der Waals surface area contributed by atoms with E-state index in [0.29, 0.717) is 6.61 Å². The number of hydrogen-bond acceptors (Lipinski definition) is 4. The quantitative estimate of drug-likeness (QED) is 0.826. The van der Waals surface area contributed by atoms with E-state index in [2.05, 4.69) is 0 Å². The van der Waals surface area contributed by atoms with Gasteiger partial charge >= 0.3 is 0 Å². The van der Waals surface area contributed by atoms with Crippen molar-refractivity contribution in [3.05, 3.63) is 29.8 Å². The number of aliphatic hydroxyl groups is 1. The second kappa shape index (κ2) is 6.37. The Morgan fingerprint density at radius 1 is 1.37 bits per heavy atom. The van der Waals surface area contributed by atoms with E-state index < -0.39 is 6.10 Å². The molecule has 0 amide bonds. The molecule has 1 saturated carbocycles. The predicted octanol–water partition coefficient (Wildman–Crippen LogP) is 2.02. The number of benzene rings is 1. The second-order valence-electron chi connectivity index (χ2n) is 5.38. The first kappa shape index (κ1) is 14.3. The van der Waals surface area contributed by atoms with Gasteiger partial charge in [-0.1, -0.05) is 25.0 Å². The summed E-state index contributed by atoms with van der Waals surface area (Å²) in [7, 11) is 1.61. The third kappa shape index (κ3) is 3.93. The van der Waals surface area contributed by atoms with Gasteiger partial charge in [0.25, 0.3) is 0 Å². The zero-order valence-electron chi connectivity index (χ0n) is 11.5. The first-order valence-corrected chi connectivity index (χ1v) is 6.82. The van der Waals surface area contributed by atoms with Crippen LogP contribution in [0.15, 0.2) is 24.3 Å². The Balaban J connectivity index is 1.81. The van der Waals surface area contributed by atoms with Gasteiger partial charge < -0.3 is 20.3 Å². The van der Waals surface area contributed by atoms with Crippen LogP contribution < -0.4 is 10.5 Å². The average Bonchev–Trinajstić information content (AvgIpc) is 2.85. The number of ether oxygens (including phenoxy) is 2. The van der Waals surface area contributed by atoms with Crippen LogP contribution in [0, 0.1) is 0 Å². The lowest BCUT2D eigenvalue weighted by Gasteiger charge is -2.24. The van der Waals surface area contributed by atoms with E-state index in [1.165, 1.54) is 12.8 Å². The molecular weight excluding hydrogens is 242 g/mol. The maximum absolute atomic E-state index is 10.1. The van der Waals surface area contributed by atoms with Crippen molar-refractivity contribution < 1.29 is 14.6 Å². The second-order valence-corrected chi connectivity index (χ2v) is 5.38. The topological polar surface area (TPSA) is 64.7 Å². The molecule has 0 aliphatic heterocycles. The molecule has 1 aromatic rings. The van der Waals surface area contributed by atoms with E-state index >= 15 is 0 Å². The van der Waals surface area contributed by atoms with Crippen LogP contribution in [0.3, 0.4) is 0 Å². The van der Waals surface area contributed by atoms with Crippen molar-refractivity contribution in [3.8, 4) is 5.75 Å². The molecule has 0 radical (unpaired) electrons. The molecule has 1 fully saturated rings. The first-order chi connectivity index (χ1) is 9.13. The van der Waals surface area contributed by atoms with E-state index in [9.17, 15) is 5.11 Å². The fourth-order valence-electron chi connectivity index (χ4n) is 2.54. The normalized spacial score (nSPS) is 19.3. The Morgan fingerprint density at radius 3 is 2.79 bits per heavy atom. The molecule has 19 heavy (non-hydrogen) atoms. The van der Waals surface area contributed by atoms with Gasteiger partial charge in [-0.2, -0.15) is 0 Å². The van der Waals surface area contributed by atoms with Gasteiger partial charge in [0.05, 0.1) is 20.3 Å². The van der Waals surface area contributed by atoms with Crippen molar-refractivity contribution >= 4 is 0 Å². The highest BCUT2D eigenvalue weighted by Crippen LogP contribution is 2.27. The molecule has 1 unspecified atom stereocenters. The van der Waals surface area contributed by atoms with Crippen LogP contribution in [0.25, 0.3) is 0 Å². The minimum Gasteiger partial charge on any atom is -0.497 e. The number of hydrogen-bond donors (Lipinski definition) is 2. The Bertz CT molecular complexity index is 402. The van der Waals surface area contributed by atoms with Crippen LogP contribution in [-0.2, 0) is 4.74 Å². The van der Waals surface area contributed by atoms with Gasteiger partial charge in [0, 0.05) is 5.54 Å². The molecule has 1 atom stereocenters. The summed E-state index contributed by atoms with van der Waals surface area (Å²) in [6.07, 6.45) is 3.75. The van der Waals surface area contributed by atoms with E-state index in [4.69, 9.17) is 15.2 Å². The maximum Gasteiger partial charge on any atom is 0.119 e. The zero-order valence-corrected chi connectivity index (χ0v) is 11.5. The molecule has 0 heterocycles. The van der Waals surface area contributed by atoms with E-state index in [0.717, 1.165) is 24.2 Å². The molecule has 4 heteroatoms. The van der Waals surface area contributed by atoms with Crippen molar-refractivity contribution in [2.75, 3.05) is 20.3 Å². The van der Waals surface area contributed by atoms with Crippen LogP contribution in [0.5, 0.6) is 5.75 Å². The highest BCUT2D eigenvalue weighted by Gasteiger charge is 2.29. The summed E-state index contributed by atoms with van der Waals surface area (Å²) in [6.45, 7) is 0.792. The third-order valence-electron chi connectivity index (χ3n) is 3.74. The summed E-state index contributed by atoms with van der Waals surface area (Å²) in [6, 6.07) is 7.40. The zero-order chi connectivity index (χ0) is 13.7. The fraction of sp³-hybridized carbons (Fsp3) is 0.600. The van der Waals surface area contributed by atoms with Crippen LogP contribution in [0.4, 0.5) is 0 Å². The van der Waals surface area contributed by atoms with Crippen LogP contribution in [0.2, 0.25) is 0 Å². The van der Waals surface area contributed by atoms with Crippen molar-refractivity contribution in [3.63, 3.8) is 0 Å². The third-order valence-corrected chi connectivity index (χ3v) is 3.74. The van der Waals surface area contributed by atoms with Gasteiger partial charge in [-0.25, -0.2) is 0 Å². The summed E-state index contributed by atoms with van der Waals surface area (Å²) in [4.78, 5) is 0. The summed E-state index contributed by atoms with van der Waals surface area (Å²) >= 11 is 0. The van der Waals surface area contributed by atoms with Gasteiger partial charge in [0.2, 0.25) is 0 Å². The van der Waals surface area contributed by atoms with Crippen molar-refractivity contribution in [1.82, 2.24) is 0 Å². The molecule has 0 aromatic heterocycles. The Morgan fingerprint density at radius 2 is 2.11 bits per heavy atom. The molecule has 3 N–H and O–H groups in total. The molecule has 106 valence electrons. The van der Waals surface area contributed by atoms with Crippen molar-refractivity contribution in [2.45, 2.75) is 37.3 Å². The summed E-state index contributed by atoms with van der Waals surface area (Å²) in [5.41, 5.74) is 6.82. The standard InChI is InChI=1S/C15H23NO3/c1-18-13-6-4-5-12(9-13)14(17)10-19-11-15(16)7-2-3-8-15/h4-6,9,14,17H,2-3,7-8,10-11,16H2,1H3. The minimum absolute atomic E-state index is 0.186. The number of aliphatic hydroxyl groups excluding tert-OH is 1. The minimum atomic E-state index is -0.639. The molecule has 0 bridgehead atoms. The number of methoxy groups -OCH3 is 1. The lowest BCUT2D eigenvalue weighted by Crippen LogP contribution is -2.41. The SMILES string of the molecule is COc1cccc(C(O)COCC2(N)CCCC2)c1. The van der Waals surface area contributed by atoms with Gasteiger partial charge in [-0.3, -0.25) is 0 Å². The largest absolute Gasteiger partial charge is 0.497 e. The highest BCUT2D eigenvalue weighted by atomic mass is 16.5. The van der Waals surface area contributed by atoms with E-state index in [1.54, 1.807) is 7.11 Å². The van der Waals surface area contributed by atoms with Gasteiger partial charge in [0.1, 0.15) is 11.9 Å². The Kier molecular flexibility index (Phi) is 4.80. The van der Waals surface area contributed by atoms with E-state index in [1.807, 2.05) is 24.3 Å². The predicted molar refractivity (Wildman–Crippen MR) is 74.2 cm³/mol. The molecule has 0 saturated heterocycles. The highest BCUT2D eigenvalue weighted by molar-refractivity contribution is 5.29. The smallest absolute Gasteiger partial charge is 0.119 e. The van der Waals surface area contributed by atoms with Crippen molar-refractivity contribution in [2.24, 2.45) is 5.73 Å². The molecular formula is C15H23NO3. The molecule has 4 nitrogen and oxygen atoms in total. The molecule has 1 aliphatic carbocycles. The molecule has 0 spiro atoms. The number of nitrogens with two attached hydrogens (primary N) is 1. The van der Waals surface area contributed by atoms with Gasteiger partial charge in [0.15, 0.2) is 0 Å². The first-order valence-electron chi connectivity index (χ1n) is 6.82. The Labute approximate surface area is 114 Å². The number of rotatable bonds is 6. The summed E-state index contributed by atoms with van der Waals surface area (Å²) in [5.74, 6) is 0.739. The monoisotopic (exact) mass is 265 g/mol. The van der Waals surface area contributed by atoms with Crippen LogP contribution >= 0.6 is 0 Å². The lowest BCUT2D eigenvalue weighted by atomic mass is 10.0. The van der Waals surface area contributed by atoms with Crippen LogP contribution in [-0.4, -0.2) is 31.0 Å². The summed E-state index contributed by atoms with van der Waals surface area (Å²) < 4.78 is 10.7. The molecule has 1 aliphatic rings. The fourth-order valence-corrected chi connectivity index (χ4v) is 2.54. The summed E-state index contributed by atoms with van der Waals surface area (Å²) in [5, 5.41) is 10.1. The Hall–Kier alpha value is -1.10. The molecule has 1 aromatic carbocycles. The maximum atomic E-state index is 10.1. The van der Waals surface area contributed by atoms with Crippen molar-refractivity contribution in [1.29, 1.82) is 0 Å². The molecule has 2 rings (SSSR count).